The number of rotatable bonds is 48. The summed E-state index contributed by atoms with van der Waals surface area (Å²) in [5, 5.41) is 0. The number of hydrogen-bond acceptors (Lipinski definition) is 6. The first-order valence-corrected chi connectivity index (χ1v) is 27.1. The van der Waals surface area contributed by atoms with E-state index in [1.54, 1.807) is 0 Å². The number of carbonyl (C=O) groups is 3. The van der Waals surface area contributed by atoms with Gasteiger partial charge in [-0.1, -0.05) is 260 Å². The molecular formula is C55H106O6. The predicted molar refractivity (Wildman–Crippen MR) is 261 cm³/mol. The molecule has 0 fully saturated rings. The fourth-order valence-corrected chi connectivity index (χ4v) is 8.26. The van der Waals surface area contributed by atoms with Crippen molar-refractivity contribution in [3.8, 4) is 0 Å². The van der Waals surface area contributed by atoms with E-state index in [1.165, 1.54) is 180 Å². The molecule has 362 valence electrons. The summed E-state index contributed by atoms with van der Waals surface area (Å²) in [6.45, 7) is 13.7. The number of hydrogen-bond donors (Lipinski definition) is 0. The maximum Gasteiger partial charge on any atom is 0.306 e. The van der Waals surface area contributed by atoms with E-state index in [4.69, 9.17) is 14.2 Å². The molecule has 0 spiro atoms. The molecule has 0 aliphatic carbocycles. The van der Waals surface area contributed by atoms with Crippen LogP contribution in [0.5, 0.6) is 0 Å². The Hall–Kier alpha value is -1.59. The molecule has 1 unspecified atom stereocenters. The summed E-state index contributed by atoms with van der Waals surface area (Å²) in [7, 11) is 0. The molecule has 61 heavy (non-hydrogen) atoms. The van der Waals surface area contributed by atoms with Gasteiger partial charge in [-0.2, -0.15) is 0 Å². The first kappa shape index (κ1) is 59.4. The van der Waals surface area contributed by atoms with Crippen LogP contribution in [-0.4, -0.2) is 37.2 Å². The van der Waals surface area contributed by atoms with Crippen molar-refractivity contribution in [3.63, 3.8) is 0 Å². The monoisotopic (exact) mass is 863 g/mol. The second kappa shape index (κ2) is 46.4. The topological polar surface area (TPSA) is 78.9 Å². The third-order valence-corrected chi connectivity index (χ3v) is 12.8. The Morgan fingerprint density at radius 1 is 0.328 bits per heavy atom. The molecule has 6 heteroatoms. The van der Waals surface area contributed by atoms with Crippen LogP contribution in [0.4, 0.5) is 0 Å². The molecule has 0 saturated heterocycles. The fourth-order valence-electron chi connectivity index (χ4n) is 8.26. The van der Waals surface area contributed by atoms with Gasteiger partial charge in [-0.3, -0.25) is 14.4 Å². The molecule has 0 aromatic rings. The van der Waals surface area contributed by atoms with E-state index in [9.17, 15) is 14.4 Å². The number of esters is 3. The van der Waals surface area contributed by atoms with Crippen molar-refractivity contribution in [1.29, 1.82) is 0 Å². The summed E-state index contributed by atoms with van der Waals surface area (Å²) in [5.41, 5.74) is 0. The molecular weight excluding hydrogens is 757 g/mol. The SMILES string of the molecule is CCC(C)CCCCCCCCC(=O)OC[C@@H](COC(=O)CCCCCCCCCCCCCCC(C)C)OC(=O)CCCCCCCCCCCCCCCCCC(C)C. The standard InChI is InChI=1S/C55H106O6/c1-7-51(6)43-37-31-27-28-33-39-45-54(57)60-48-52(47-59-53(56)44-38-32-25-21-17-14-13-16-20-24-30-36-42-50(4)5)61-55(58)46-40-34-26-22-18-12-10-8-9-11-15-19-23-29-35-41-49(2)3/h49-52H,7-48H2,1-6H3/t51?,52-/m1/s1. The molecule has 0 aromatic carbocycles. The lowest BCUT2D eigenvalue weighted by molar-refractivity contribution is -0.167. The molecule has 2 atom stereocenters. The normalized spacial score (nSPS) is 12.6. The summed E-state index contributed by atoms with van der Waals surface area (Å²) in [6.07, 6.45) is 46.7. The summed E-state index contributed by atoms with van der Waals surface area (Å²) in [5.74, 6) is 1.64. The summed E-state index contributed by atoms with van der Waals surface area (Å²) in [4.78, 5) is 38.0. The molecule has 0 radical (unpaired) electrons. The minimum Gasteiger partial charge on any atom is -0.462 e. The van der Waals surface area contributed by atoms with Gasteiger partial charge >= 0.3 is 17.9 Å². The van der Waals surface area contributed by atoms with Crippen LogP contribution in [0.25, 0.3) is 0 Å². The number of carbonyl (C=O) groups excluding carboxylic acids is 3. The Morgan fingerprint density at radius 2 is 0.574 bits per heavy atom. The predicted octanol–water partition coefficient (Wildman–Crippen LogP) is 17.6. The van der Waals surface area contributed by atoms with Crippen molar-refractivity contribution < 1.29 is 28.6 Å². The molecule has 0 rings (SSSR count). The zero-order chi connectivity index (χ0) is 44.9. The van der Waals surface area contributed by atoms with Crippen LogP contribution < -0.4 is 0 Å². The molecule has 0 aliphatic rings. The highest BCUT2D eigenvalue weighted by Gasteiger charge is 2.19. The zero-order valence-corrected chi connectivity index (χ0v) is 42.0. The van der Waals surface area contributed by atoms with Gasteiger partial charge in [0, 0.05) is 19.3 Å². The molecule has 0 aromatic heterocycles. The van der Waals surface area contributed by atoms with Crippen molar-refractivity contribution >= 4 is 17.9 Å². The van der Waals surface area contributed by atoms with E-state index < -0.39 is 6.10 Å². The molecule has 0 saturated carbocycles. The maximum atomic E-state index is 12.8. The van der Waals surface area contributed by atoms with Gasteiger partial charge in [-0.05, 0) is 37.0 Å². The largest absolute Gasteiger partial charge is 0.462 e. The van der Waals surface area contributed by atoms with Gasteiger partial charge < -0.3 is 14.2 Å². The van der Waals surface area contributed by atoms with Crippen LogP contribution in [0.1, 0.15) is 298 Å². The molecule has 0 bridgehead atoms. The average molecular weight is 863 g/mol. The van der Waals surface area contributed by atoms with Gasteiger partial charge in [0.1, 0.15) is 13.2 Å². The first-order chi connectivity index (χ1) is 29.6. The van der Waals surface area contributed by atoms with Gasteiger partial charge in [-0.25, -0.2) is 0 Å². The Bertz CT molecular complexity index is 947. The Kier molecular flexibility index (Phi) is 45.2. The van der Waals surface area contributed by atoms with Crippen molar-refractivity contribution in [1.82, 2.24) is 0 Å². The third-order valence-electron chi connectivity index (χ3n) is 12.8. The first-order valence-electron chi connectivity index (χ1n) is 27.1. The minimum atomic E-state index is -0.763. The molecule has 0 aliphatic heterocycles. The highest BCUT2D eigenvalue weighted by atomic mass is 16.6. The number of ether oxygens (including phenoxy) is 3. The van der Waals surface area contributed by atoms with Crippen molar-refractivity contribution in [2.45, 2.75) is 304 Å². The third kappa shape index (κ3) is 47.7. The van der Waals surface area contributed by atoms with E-state index in [0.29, 0.717) is 19.3 Å². The summed E-state index contributed by atoms with van der Waals surface area (Å²) >= 11 is 0. The minimum absolute atomic E-state index is 0.0648. The van der Waals surface area contributed by atoms with Crippen molar-refractivity contribution in [3.05, 3.63) is 0 Å². The van der Waals surface area contributed by atoms with Gasteiger partial charge in [0.15, 0.2) is 6.10 Å². The van der Waals surface area contributed by atoms with Crippen LogP contribution in [0.15, 0.2) is 0 Å². The quantitative estimate of drug-likeness (QED) is 0.0344. The van der Waals surface area contributed by atoms with E-state index in [-0.39, 0.29) is 31.1 Å². The van der Waals surface area contributed by atoms with Crippen molar-refractivity contribution in [2.75, 3.05) is 13.2 Å². The fraction of sp³-hybridized carbons (Fsp3) is 0.945. The van der Waals surface area contributed by atoms with E-state index in [0.717, 1.165) is 75.5 Å². The summed E-state index contributed by atoms with van der Waals surface area (Å²) in [6, 6.07) is 0. The Morgan fingerprint density at radius 3 is 0.852 bits per heavy atom. The Balaban J connectivity index is 4.28. The second-order valence-electron chi connectivity index (χ2n) is 20.1. The van der Waals surface area contributed by atoms with E-state index >= 15 is 0 Å². The van der Waals surface area contributed by atoms with Crippen LogP contribution >= 0.6 is 0 Å². The highest BCUT2D eigenvalue weighted by Crippen LogP contribution is 2.18. The van der Waals surface area contributed by atoms with Crippen molar-refractivity contribution in [2.24, 2.45) is 17.8 Å². The average Bonchev–Trinajstić information content (AvgIpc) is 3.23. The zero-order valence-electron chi connectivity index (χ0n) is 42.0. The van der Waals surface area contributed by atoms with Crippen LogP contribution in [0.2, 0.25) is 0 Å². The molecule has 0 N–H and O–H groups in total. The Labute approximate surface area is 380 Å². The lowest BCUT2D eigenvalue weighted by atomic mass is 10.00. The second-order valence-corrected chi connectivity index (χ2v) is 20.1. The van der Waals surface area contributed by atoms with Gasteiger partial charge in [0.2, 0.25) is 0 Å². The smallest absolute Gasteiger partial charge is 0.306 e. The number of unbranched alkanes of at least 4 members (excludes halogenated alkanes) is 30. The molecule has 6 nitrogen and oxygen atoms in total. The van der Waals surface area contributed by atoms with E-state index in [2.05, 4.69) is 41.5 Å². The van der Waals surface area contributed by atoms with E-state index in [1.807, 2.05) is 0 Å². The van der Waals surface area contributed by atoms with Crippen LogP contribution in [0, 0.1) is 17.8 Å². The van der Waals surface area contributed by atoms with Crippen LogP contribution in [-0.2, 0) is 28.6 Å². The van der Waals surface area contributed by atoms with Gasteiger partial charge in [0.05, 0.1) is 0 Å². The summed E-state index contributed by atoms with van der Waals surface area (Å²) < 4.78 is 16.8. The van der Waals surface area contributed by atoms with Gasteiger partial charge in [0.25, 0.3) is 0 Å². The highest BCUT2D eigenvalue weighted by molar-refractivity contribution is 5.71. The lowest BCUT2D eigenvalue weighted by Crippen LogP contribution is -2.30. The maximum absolute atomic E-state index is 12.8. The van der Waals surface area contributed by atoms with Gasteiger partial charge in [-0.15, -0.1) is 0 Å². The lowest BCUT2D eigenvalue weighted by Gasteiger charge is -2.18. The molecule has 0 heterocycles. The molecule has 0 amide bonds. The van der Waals surface area contributed by atoms with Crippen LogP contribution in [0.3, 0.4) is 0 Å².